The van der Waals surface area contributed by atoms with Gasteiger partial charge in [-0.25, -0.2) is 17.9 Å². The van der Waals surface area contributed by atoms with Gasteiger partial charge in [-0.15, -0.1) is 0 Å². The van der Waals surface area contributed by atoms with Crippen LogP contribution in [0.3, 0.4) is 0 Å². The van der Waals surface area contributed by atoms with E-state index in [-0.39, 0.29) is 18.0 Å². The summed E-state index contributed by atoms with van der Waals surface area (Å²) in [5.41, 5.74) is 0.666. The normalized spacial score (nSPS) is 11.5. The molecule has 2 rings (SSSR count). The summed E-state index contributed by atoms with van der Waals surface area (Å²) in [5, 5.41) is 3.47. The van der Waals surface area contributed by atoms with Gasteiger partial charge in [0.2, 0.25) is 10.0 Å². The van der Waals surface area contributed by atoms with Gasteiger partial charge in [0.25, 0.3) is 0 Å². The van der Waals surface area contributed by atoms with Gasteiger partial charge < -0.3 is 4.74 Å². The Bertz CT molecular complexity index is 829. The summed E-state index contributed by atoms with van der Waals surface area (Å²) in [4.78, 5) is 12.1. The molecule has 0 radical (unpaired) electrons. The molecule has 9 heteroatoms. The van der Waals surface area contributed by atoms with Crippen molar-refractivity contribution >= 4 is 37.7 Å². The van der Waals surface area contributed by atoms with E-state index in [1.165, 1.54) is 10.9 Å². The van der Waals surface area contributed by atoms with Crippen molar-refractivity contribution in [1.82, 2.24) is 9.78 Å². The molecule has 0 saturated heterocycles. The van der Waals surface area contributed by atoms with Gasteiger partial charge in [-0.05, 0) is 45.0 Å². The maximum Gasteiger partial charge on any atom is 0.343 e. The van der Waals surface area contributed by atoms with Gasteiger partial charge >= 0.3 is 5.97 Å². The number of nitrogens with zero attached hydrogens (tertiary/aromatic N) is 2. The molecule has 1 heterocycles. The van der Waals surface area contributed by atoms with Crippen molar-refractivity contribution in [2.45, 2.75) is 26.0 Å². The second kappa shape index (κ2) is 7.35. The second-order valence-electron chi connectivity index (χ2n) is 5.21. The summed E-state index contributed by atoms with van der Waals surface area (Å²) in [6.07, 6.45) is 1.29. The zero-order chi connectivity index (χ0) is 17.9. The van der Waals surface area contributed by atoms with Gasteiger partial charge in [0, 0.05) is 4.47 Å². The number of nitrogens with one attached hydrogen (secondary N) is 1. The number of carbonyl (C=O) groups excluding carboxylic acids is 1. The van der Waals surface area contributed by atoms with Crippen LogP contribution >= 0.6 is 15.9 Å². The number of hydrogen-bond acceptors (Lipinski definition) is 5. The van der Waals surface area contributed by atoms with E-state index in [1.54, 1.807) is 45.0 Å². The van der Waals surface area contributed by atoms with Crippen LogP contribution < -0.4 is 4.72 Å². The third kappa shape index (κ3) is 3.96. The van der Waals surface area contributed by atoms with Crippen LogP contribution in [0.5, 0.6) is 0 Å². The molecule has 0 spiro atoms. The Morgan fingerprint density at radius 2 is 1.96 bits per heavy atom. The first kappa shape index (κ1) is 18.5. The Labute approximate surface area is 149 Å². The minimum absolute atomic E-state index is 0.0593. The molecule has 0 aliphatic rings. The monoisotopic (exact) mass is 415 g/mol. The van der Waals surface area contributed by atoms with Gasteiger partial charge in [0.05, 0.1) is 23.7 Å². The molecule has 1 aromatic carbocycles. The van der Waals surface area contributed by atoms with Crippen molar-refractivity contribution in [2.75, 3.05) is 11.3 Å². The van der Waals surface area contributed by atoms with Gasteiger partial charge in [0.1, 0.15) is 5.56 Å². The molecule has 1 aromatic heterocycles. The summed E-state index contributed by atoms with van der Waals surface area (Å²) in [6.45, 7) is 4.95. The van der Waals surface area contributed by atoms with E-state index in [9.17, 15) is 13.2 Å². The number of aromatic nitrogens is 2. The summed E-state index contributed by atoms with van der Waals surface area (Å²) in [6, 6.07) is 7.09. The third-order valence-corrected chi connectivity index (χ3v) is 5.44. The first-order valence-corrected chi connectivity index (χ1v) is 9.63. The minimum Gasteiger partial charge on any atom is -0.462 e. The smallest absolute Gasteiger partial charge is 0.343 e. The quantitative estimate of drug-likeness (QED) is 0.732. The molecular formula is C15H18BrN3O4S. The number of carbonyl (C=O) groups is 1. The Morgan fingerprint density at radius 3 is 2.50 bits per heavy atom. The molecule has 0 aliphatic carbocycles. The topological polar surface area (TPSA) is 90.3 Å². The Hall–Kier alpha value is -1.87. The standard InChI is InChI=1S/C15H18BrN3O4S/c1-4-23-15(20)13-9-17-19(12-7-5-11(16)6-8-12)14(13)18-24(21,22)10(2)3/h5-10,18H,4H2,1-3H3. The van der Waals surface area contributed by atoms with Crippen molar-refractivity contribution in [3.63, 3.8) is 0 Å². The van der Waals surface area contributed by atoms with E-state index in [1.807, 2.05) is 0 Å². The SMILES string of the molecule is CCOC(=O)c1cnn(-c2ccc(Br)cc2)c1NS(=O)(=O)C(C)C. The molecule has 0 amide bonds. The lowest BCUT2D eigenvalue weighted by molar-refractivity contribution is 0.0527. The van der Waals surface area contributed by atoms with Crippen LogP contribution in [0.4, 0.5) is 5.82 Å². The van der Waals surface area contributed by atoms with Crippen LogP contribution in [0, 0.1) is 0 Å². The highest BCUT2D eigenvalue weighted by molar-refractivity contribution is 9.10. The molecule has 2 aromatic rings. The number of sulfonamides is 1. The summed E-state index contributed by atoms with van der Waals surface area (Å²) >= 11 is 3.34. The van der Waals surface area contributed by atoms with Gasteiger partial charge in [-0.1, -0.05) is 15.9 Å². The van der Waals surface area contributed by atoms with Crippen molar-refractivity contribution < 1.29 is 17.9 Å². The van der Waals surface area contributed by atoms with Gasteiger partial charge in [-0.2, -0.15) is 5.10 Å². The Morgan fingerprint density at radius 1 is 1.33 bits per heavy atom. The number of benzene rings is 1. The van der Waals surface area contributed by atoms with E-state index >= 15 is 0 Å². The Balaban J connectivity index is 2.55. The van der Waals surface area contributed by atoms with Crippen LogP contribution in [0.25, 0.3) is 5.69 Å². The molecule has 24 heavy (non-hydrogen) atoms. The fraction of sp³-hybridized carbons (Fsp3) is 0.333. The summed E-state index contributed by atoms with van der Waals surface area (Å²) in [5.74, 6) is -0.577. The summed E-state index contributed by atoms with van der Waals surface area (Å²) in [7, 11) is -3.66. The summed E-state index contributed by atoms with van der Waals surface area (Å²) < 4.78 is 34.2. The van der Waals surface area contributed by atoms with Crippen molar-refractivity contribution in [3.05, 3.63) is 40.5 Å². The number of anilines is 1. The molecule has 0 atom stereocenters. The average molecular weight is 416 g/mol. The predicted octanol–water partition coefficient (Wildman–Crippen LogP) is 2.96. The van der Waals surface area contributed by atoms with Crippen LogP contribution in [0.2, 0.25) is 0 Å². The highest BCUT2D eigenvalue weighted by Gasteiger charge is 2.25. The van der Waals surface area contributed by atoms with E-state index in [0.717, 1.165) is 4.47 Å². The van der Waals surface area contributed by atoms with Crippen molar-refractivity contribution in [3.8, 4) is 5.69 Å². The molecule has 130 valence electrons. The minimum atomic E-state index is -3.66. The lowest BCUT2D eigenvalue weighted by atomic mass is 10.3. The third-order valence-electron chi connectivity index (χ3n) is 3.20. The highest BCUT2D eigenvalue weighted by atomic mass is 79.9. The van der Waals surface area contributed by atoms with Gasteiger partial charge in [0.15, 0.2) is 5.82 Å². The molecule has 0 aliphatic heterocycles. The highest BCUT2D eigenvalue weighted by Crippen LogP contribution is 2.24. The van der Waals surface area contributed by atoms with E-state index in [2.05, 4.69) is 25.8 Å². The molecule has 0 unspecified atom stereocenters. The van der Waals surface area contributed by atoms with E-state index in [4.69, 9.17) is 4.74 Å². The lowest BCUT2D eigenvalue weighted by Gasteiger charge is -2.14. The predicted molar refractivity (Wildman–Crippen MR) is 94.9 cm³/mol. The number of esters is 1. The van der Waals surface area contributed by atoms with Crippen LogP contribution in [-0.2, 0) is 14.8 Å². The Kier molecular flexibility index (Phi) is 5.66. The van der Waals surface area contributed by atoms with E-state index < -0.39 is 21.2 Å². The zero-order valence-electron chi connectivity index (χ0n) is 13.5. The molecule has 7 nitrogen and oxygen atoms in total. The van der Waals surface area contributed by atoms with Crippen LogP contribution in [-0.4, -0.2) is 36.0 Å². The molecule has 0 saturated carbocycles. The molecular weight excluding hydrogens is 398 g/mol. The van der Waals surface area contributed by atoms with Crippen LogP contribution in [0.1, 0.15) is 31.1 Å². The fourth-order valence-corrected chi connectivity index (χ4v) is 2.80. The lowest BCUT2D eigenvalue weighted by Crippen LogP contribution is -2.25. The maximum atomic E-state index is 12.3. The number of ether oxygens (including phenoxy) is 1. The zero-order valence-corrected chi connectivity index (χ0v) is 15.9. The number of halogens is 1. The van der Waals surface area contributed by atoms with E-state index in [0.29, 0.717) is 5.69 Å². The number of hydrogen-bond donors (Lipinski definition) is 1. The molecule has 1 N–H and O–H groups in total. The fourth-order valence-electron chi connectivity index (χ4n) is 1.84. The largest absolute Gasteiger partial charge is 0.462 e. The van der Waals surface area contributed by atoms with Crippen molar-refractivity contribution in [2.24, 2.45) is 0 Å². The maximum absolute atomic E-state index is 12.3. The number of rotatable bonds is 6. The average Bonchev–Trinajstić information content (AvgIpc) is 2.91. The van der Waals surface area contributed by atoms with Crippen molar-refractivity contribution in [1.29, 1.82) is 0 Å². The second-order valence-corrected chi connectivity index (χ2v) is 8.36. The van der Waals surface area contributed by atoms with Gasteiger partial charge in [-0.3, -0.25) is 4.72 Å². The molecule has 0 fully saturated rings. The molecule has 0 bridgehead atoms. The van der Waals surface area contributed by atoms with Crippen LogP contribution in [0.15, 0.2) is 34.9 Å². The first-order valence-electron chi connectivity index (χ1n) is 7.29. The first-order chi connectivity index (χ1) is 11.3.